The number of unbranched alkanes of at least 4 members (excludes halogenated alkanes) is 1. The topological polar surface area (TPSA) is 51.7 Å². The Hall–Kier alpha value is -3.97. The van der Waals surface area contributed by atoms with Crippen molar-refractivity contribution in [2.24, 2.45) is 0 Å². The third-order valence-electron chi connectivity index (χ3n) is 6.40. The van der Waals surface area contributed by atoms with Crippen molar-refractivity contribution in [1.82, 2.24) is 4.98 Å². The third kappa shape index (κ3) is 6.11. The molecule has 194 valence electrons. The lowest BCUT2D eigenvalue weighted by Crippen LogP contribution is -2.29. The summed E-state index contributed by atoms with van der Waals surface area (Å²) in [7, 11) is 0. The van der Waals surface area contributed by atoms with Crippen LogP contribution in [0.4, 0.5) is 19.3 Å². The van der Waals surface area contributed by atoms with Crippen LogP contribution in [0.25, 0.3) is 0 Å². The average molecular weight is 535 g/mol. The summed E-state index contributed by atoms with van der Waals surface area (Å²) >= 11 is 5.93. The monoisotopic (exact) mass is 534 g/mol. The number of rotatable bonds is 9. The van der Waals surface area contributed by atoms with Crippen LogP contribution in [0, 0.1) is 11.6 Å². The number of hydrogen-bond donors (Lipinski definition) is 0. The molecule has 0 saturated carbocycles. The SMILES string of the molecule is O=C1O[C@@H](CCCCc2cccnc2)[C@H](c2cc(F)cc(F)c2)N1c1ccc(Oc2ccc(Cl)cc2)cc1. The van der Waals surface area contributed by atoms with E-state index in [0.717, 1.165) is 30.9 Å². The second kappa shape index (κ2) is 11.6. The second-order valence-electron chi connectivity index (χ2n) is 9.10. The minimum absolute atomic E-state index is 0.340. The van der Waals surface area contributed by atoms with Gasteiger partial charge < -0.3 is 9.47 Å². The summed E-state index contributed by atoms with van der Waals surface area (Å²) in [5.74, 6) is -0.242. The van der Waals surface area contributed by atoms with Crippen LogP contribution in [0.15, 0.2) is 91.3 Å². The molecule has 1 aliphatic heterocycles. The van der Waals surface area contributed by atoms with Crippen molar-refractivity contribution in [2.75, 3.05) is 4.90 Å². The van der Waals surface area contributed by atoms with Gasteiger partial charge in [0.2, 0.25) is 0 Å². The molecular formula is C30H25ClF2N2O3. The van der Waals surface area contributed by atoms with Gasteiger partial charge in [0.15, 0.2) is 0 Å². The number of benzene rings is 3. The van der Waals surface area contributed by atoms with Crippen LogP contribution in [0.1, 0.15) is 36.4 Å². The molecule has 0 N–H and O–H groups in total. The minimum Gasteiger partial charge on any atom is -0.457 e. The number of nitrogens with zero attached hydrogens (tertiary/aromatic N) is 2. The van der Waals surface area contributed by atoms with Gasteiger partial charge in [-0.25, -0.2) is 13.6 Å². The Balaban J connectivity index is 1.35. The highest BCUT2D eigenvalue weighted by molar-refractivity contribution is 6.30. The molecule has 5 rings (SSSR count). The third-order valence-corrected chi connectivity index (χ3v) is 6.65. The lowest BCUT2D eigenvalue weighted by atomic mass is 9.95. The van der Waals surface area contributed by atoms with Crippen molar-refractivity contribution in [3.63, 3.8) is 0 Å². The maximum Gasteiger partial charge on any atom is 0.415 e. The van der Waals surface area contributed by atoms with Gasteiger partial charge in [0.05, 0.1) is 0 Å². The summed E-state index contributed by atoms with van der Waals surface area (Å²) in [6, 6.07) is 20.4. The number of ether oxygens (including phenoxy) is 2. The lowest BCUT2D eigenvalue weighted by molar-refractivity contribution is 0.124. The Kier molecular flexibility index (Phi) is 7.84. The zero-order valence-corrected chi connectivity index (χ0v) is 21.2. The van der Waals surface area contributed by atoms with Crippen molar-refractivity contribution >= 4 is 23.4 Å². The zero-order valence-electron chi connectivity index (χ0n) is 20.4. The Morgan fingerprint density at radius 2 is 1.61 bits per heavy atom. The molecule has 0 radical (unpaired) electrons. The summed E-state index contributed by atoms with van der Waals surface area (Å²) in [4.78, 5) is 18.6. The highest BCUT2D eigenvalue weighted by atomic mass is 35.5. The predicted molar refractivity (Wildman–Crippen MR) is 142 cm³/mol. The van der Waals surface area contributed by atoms with E-state index in [-0.39, 0.29) is 0 Å². The highest BCUT2D eigenvalue weighted by Crippen LogP contribution is 2.40. The maximum atomic E-state index is 14.2. The molecule has 0 aliphatic carbocycles. The molecule has 38 heavy (non-hydrogen) atoms. The average Bonchev–Trinajstić information content (AvgIpc) is 3.24. The van der Waals surface area contributed by atoms with Gasteiger partial charge in [-0.15, -0.1) is 0 Å². The van der Waals surface area contributed by atoms with Gasteiger partial charge in [-0.1, -0.05) is 17.7 Å². The molecule has 2 heterocycles. The van der Waals surface area contributed by atoms with Gasteiger partial charge in [-0.05, 0) is 104 Å². The number of aromatic nitrogens is 1. The molecule has 0 spiro atoms. The molecule has 2 atom stereocenters. The van der Waals surface area contributed by atoms with E-state index in [2.05, 4.69) is 4.98 Å². The summed E-state index contributed by atoms with van der Waals surface area (Å²) in [6.45, 7) is 0. The number of halogens is 3. The first-order valence-electron chi connectivity index (χ1n) is 12.3. The molecule has 0 bridgehead atoms. The molecule has 1 aromatic heterocycles. The fourth-order valence-corrected chi connectivity index (χ4v) is 4.78. The van der Waals surface area contributed by atoms with Gasteiger partial charge in [-0.2, -0.15) is 0 Å². The van der Waals surface area contributed by atoms with Crippen LogP contribution in [0.5, 0.6) is 11.5 Å². The van der Waals surface area contributed by atoms with E-state index in [1.807, 2.05) is 18.3 Å². The summed E-state index contributed by atoms with van der Waals surface area (Å²) < 4.78 is 40.0. The highest BCUT2D eigenvalue weighted by Gasteiger charge is 2.43. The number of anilines is 1. The zero-order chi connectivity index (χ0) is 26.5. The van der Waals surface area contributed by atoms with Crippen LogP contribution < -0.4 is 9.64 Å². The molecule has 8 heteroatoms. The molecule has 1 amide bonds. The van der Waals surface area contributed by atoms with Gasteiger partial charge >= 0.3 is 6.09 Å². The largest absolute Gasteiger partial charge is 0.457 e. The van der Waals surface area contributed by atoms with Gasteiger partial charge in [-0.3, -0.25) is 9.88 Å². The number of carbonyl (C=O) groups excluding carboxylic acids is 1. The summed E-state index contributed by atoms with van der Waals surface area (Å²) in [6.07, 6.45) is 5.44. The Morgan fingerprint density at radius 1 is 0.921 bits per heavy atom. The van der Waals surface area contributed by atoms with E-state index in [1.165, 1.54) is 17.0 Å². The first kappa shape index (κ1) is 25.7. The maximum absolute atomic E-state index is 14.2. The minimum atomic E-state index is -0.707. The van der Waals surface area contributed by atoms with E-state index in [1.54, 1.807) is 54.7 Å². The smallest absolute Gasteiger partial charge is 0.415 e. The molecule has 1 aliphatic rings. The fourth-order valence-electron chi connectivity index (χ4n) is 4.66. The Bertz CT molecular complexity index is 1370. The van der Waals surface area contributed by atoms with Crippen LogP contribution >= 0.6 is 11.6 Å². The van der Waals surface area contributed by atoms with Crippen molar-refractivity contribution in [3.05, 3.63) is 119 Å². The predicted octanol–water partition coefficient (Wildman–Crippen LogP) is 8.29. The molecule has 5 nitrogen and oxygen atoms in total. The van der Waals surface area contributed by atoms with Crippen LogP contribution in [-0.4, -0.2) is 17.2 Å². The van der Waals surface area contributed by atoms with E-state index in [0.29, 0.717) is 34.2 Å². The molecule has 4 aromatic rings. The Morgan fingerprint density at radius 3 is 2.26 bits per heavy atom. The number of cyclic esters (lactones) is 1. The molecule has 1 fully saturated rings. The molecule has 3 aromatic carbocycles. The Labute approximate surface area is 224 Å². The summed E-state index contributed by atoms with van der Waals surface area (Å²) in [5.41, 5.74) is 2.00. The van der Waals surface area contributed by atoms with Crippen molar-refractivity contribution in [1.29, 1.82) is 0 Å². The lowest BCUT2D eigenvalue weighted by Gasteiger charge is -2.25. The first-order chi connectivity index (χ1) is 18.5. The quantitative estimate of drug-likeness (QED) is 0.203. The second-order valence-corrected chi connectivity index (χ2v) is 9.53. The van der Waals surface area contributed by atoms with Crippen molar-refractivity contribution in [2.45, 2.75) is 37.8 Å². The van der Waals surface area contributed by atoms with Crippen LogP contribution in [-0.2, 0) is 11.2 Å². The van der Waals surface area contributed by atoms with E-state index in [4.69, 9.17) is 21.1 Å². The fraction of sp³-hybridized carbons (Fsp3) is 0.200. The number of hydrogen-bond acceptors (Lipinski definition) is 4. The molecular weight excluding hydrogens is 510 g/mol. The van der Waals surface area contributed by atoms with E-state index >= 15 is 0 Å². The number of carbonyl (C=O) groups is 1. The number of amides is 1. The van der Waals surface area contributed by atoms with Crippen LogP contribution in [0.3, 0.4) is 0 Å². The number of aryl methyl sites for hydroxylation is 1. The van der Waals surface area contributed by atoms with Gasteiger partial charge in [0.25, 0.3) is 0 Å². The van der Waals surface area contributed by atoms with Crippen LogP contribution in [0.2, 0.25) is 5.02 Å². The van der Waals surface area contributed by atoms with Gasteiger partial charge in [0.1, 0.15) is 35.3 Å². The standard InChI is InChI=1S/C30H25ClF2N2O3/c31-22-7-11-26(12-8-22)37-27-13-9-25(10-14-27)35-29(21-16-23(32)18-24(33)17-21)28(38-30(35)36)6-2-1-4-20-5-3-15-34-19-20/h3,5,7-19,28-29H,1-2,4,6H2/t28-,29-/m0/s1. The molecule has 1 saturated heterocycles. The van der Waals surface area contributed by atoms with E-state index < -0.39 is 29.9 Å². The van der Waals surface area contributed by atoms with Crippen molar-refractivity contribution < 1.29 is 23.0 Å². The summed E-state index contributed by atoms with van der Waals surface area (Å²) in [5, 5.41) is 0.603. The van der Waals surface area contributed by atoms with Crippen molar-refractivity contribution in [3.8, 4) is 11.5 Å². The van der Waals surface area contributed by atoms with Gasteiger partial charge in [0, 0.05) is 29.2 Å². The normalized spacial score (nSPS) is 16.9. The first-order valence-corrected chi connectivity index (χ1v) is 12.7. The van der Waals surface area contributed by atoms with E-state index in [9.17, 15) is 13.6 Å². The number of pyridine rings is 1. The molecule has 0 unspecified atom stereocenters.